The number of nitrogens with two attached hydrogens (primary N) is 1. The van der Waals surface area contributed by atoms with E-state index in [1.165, 1.54) is 4.57 Å². The fourth-order valence-corrected chi connectivity index (χ4v) is 4.64. The smallest absolute Gasteiger partial charge is 0.430 e. The SMILES string of the molecule is Cc1cn(CC(CC(=O)O)NC(=O)OCc2ccccc2)c(=O)nc1NCc1cccc(C2=Nc3ccccc3[NH2+]2)c1.O=C([O-])C(F)(F)F. The van der Waals surface area contributed by atoms with Crippen molar-refractivity contribution >= 4 is 41.1 Å². The highest BCUT2D eigenvalue weighted by Crippen LogP contribution is 2.24. The number of carbonyl (C=O) groups is 3. The maximum atomic E-state index is 12.9. The average molecular weight is 681 g/mol. The van der Waals surface area contributed by atoms with Crippen LogP contribution in [0.2, 0.25) is 0 Å². The number of alkyl halides is 3. The van der Waals surface area contributed by atoms with Gasteiger partial charge in [-0.25, -0.2) is 9.59 Å². The number of carboxylic acids is 2. The van der Waals surface area contributed by atoms with Crippen molar-refractivity contribution in [2.45, 2.75) is 45.3 Å². The van der Waals surface area contributed by atoms with Gasteiger partial charge in [0, 0.05) is 30.9 Å². The number of para-hydroxylation sites is 2. The van der Waals surface area contributed by atoms with Gasteiger partial charge in [-0.2, -0.15) is 23.1 Å². The number of hydrogen-bond acceptors (Lipinski definition) is 9. The zero-order valence-electron chi connectivity index (χ0n) is 25.9. The second-order valence-electron chi connectivity index (χ2n) is 10.7. The molecule has 0 aliphatic carbocycles. The highest BCUT2D eigenvalue weighted by Gasteiger charge is 2.29. The molecule has 1 aliphatic heterocycles. The standard InChI is InChI=1S/C31H30N6O5.C2HF3O2/c1-20-17-37(18-24(15-27(38)39)33-31(41)42-19-21-8-3-2-4-9-21)30(40)36-28(20)32-16-22-10-7-11-23(14-22)29-34-25-12-5-6-13-26(25)35-29;3-2(4,5)1(6)7/h2-14,17,24H,15-16,18-19H2,1H3,(H,33,41)(H,34,35)(H,38,39)(H,32,36,40);(H,6,7). The number of ether oxygens (including phenoxy) is 1. The Morgan fingerprint density at radius 2 is 1.69 bits per heavy atom. The fraction of sp³-hybridized carbons (Fsp3) is 0.212. The number of rotatable bonds is 11. The van der Waals surface area contributed by atoms with Gasteiger partial charge in [0.25, 0.3) is 0 Å². The Balaban J connectivity index is 0.000000698. The van der Waals surface area contributed by atoms with Crippen molar-refractivity contribution in [3.05, 3.63) is 118 Å². The van der Waals surface area contributed by atoms with Gasteiger partial charge in [-0.15, -0.1) is 0 Å². The van der Waals surface area contributed by atoms with Crippen LogP contribution in [0.5, 0.6) is 0 Å². The highest BCUT2D eigenvalue weighted by molar-refractivity contribution is 5.98. The van der Waals surface area contributed by atoms with Gasteiger partial charge in [0.15, 0.2) is 5.69 Å². The van der Waals surface area contributed by atoms with E-state index < -0.39 is 42.4 Å². The number of amides is 1. The number of amidine groups is 1. The summed E-state index contributed by atoms with van der Waals surface area (Å²) in [5.74, 6) is -2.81. The lowest BCUT2D eigenvalue weighted by Crippen LogP contribution is -2.80. The van der Waals surface area contributed by atoms with E-state index in [9.17, 15) is 32.7 Å². The van der Waals surface area contributed by atoms with Gasteiger partial charge in [0.1, 0.15) is 24.1 Å². The number of nitrogens with zero attached hydrogens (tertiary/aromatic N) is 3. The number of benzene rings is 3. The number of nitrogens with one attached hydrogen (secondary N) is 2. The molecule has 1 aliphatic rings. The number of quaternary nitrogens is 1. The van der Waals surface area contributed by atoms with Crippen LogP contribution in [0.15, 0.2) is 94.8 Å². The first-order chi connectivity index (χ1) is 23.3. The van der Waals surface area contributed by atoms with E-state index in [4.69, 9.17) is 19.6 Å². The van der Waals surface area contributed by atoms with E-state index in [2.05, 4.69) is 20.9 Å². The monoisotopic (exact) mass is 680 g/mol. The second-order valence-corrected chi connectivity index (χ2v) is 10.7. The fourth-order valence-electron chi connectivity index (χ4n) is 4.64. The van der Waals surface area contributed by atoms with E-state index >= 15 is 0 Å². The minimum Gasteiger partial charge on any atom is -0.542 e. The van der Waals surface area contributed by atoms with Gasteiger partial charge in [-0.1, -0.05) is 54.6 Å². The number of aryl methyl sites for hydroxylation is 1. The molecule has 1 unspecified atom stereocenters. The van der Waals surface area contributed by atoms with Gasteiger partial charge in [0.05, 0.1) is 18.0 Å². The summed E-state index contributed by atoms with van der Waals surface area (Å²) in [7, 11) is 0. The maximum absolute atomic E-state index is 12.9. The number of alkyl carbamates (subject to hydrolysis) is 1. The number of aromatic nitrogens is 2. The zero-order valence-corrected chi connectivity index (χ0v) is 25.9. The molecule has 1 aromatic heterocycles. The molecule has 0 fully saturated rings. The minimum atomic E-state index is -5.19. The van der Waals surface area contributed by atoms with E-state index in [1.807, 2.05) is 78.9 Å². The predicted molar refractivity (Wildman–Crippen MR) is 168 cm³/mol. The van der Waals surface area contributed by atoms with E-state index in [1.54, 1.807) is 13.1 Å². The molecule has 16 heteroatoms. The van der Waals surface area contributed by atoms with E-state index in [0.29, 0.717) is 17.9 Å². The molecule has 13 nitrogen and oxygen atoms in total. The third-order valence-corrected chi connectivity index (χ3v) is 6.93. The number of carbonyl (C=O) groups excluding carboxylic acids is 2. The molecular weight excluding hydrogens is 649 g/mol. The molecule has 0 radical (unpaired) electrons. The van der Waals surface area contributed by atoms with E-state index in [-0.39, 0.29) is 13.2 Å². The van der Waals surface area contributed by atoms with Crippen molar-refractivity contribution in [3.8, 4) is 0 Å². The summed E-state index contributed by atoms with van der Waals surface area (Å²) in [4.78, 5) is 54.3. The van der Waals surface area contributed by atoms with Crippen LogP contribution in [0.1, 0.15) is 28.7 Å². The summed E-state index contributed by atoms with van der Waals surface area (Å²) in [5, 5.41) is 26.0. The number of aliphatic carboxylic acids is 2. The molecule has 0 saturated heterocycles. The van der Waals surface area contributed by atoms with Gasteiger partial charge >= 0.3 is 23.9 Å². The summed E-state index contributed by atoms with van der Waals surface area (Å²) < 4.78 is 38.1. The normalized spacial score (nSPS) is 12.4. The minimum absolute atomic E-state index is 0.0381. The van der Waals surface area contributed by atoms with Gasteiger partial charge in [0.2, 0.25) is 5.84 Å². The molecule has 0 spiro atoms. The molecule has 3 aromatic carbocycles. The molecule has 49 heavy (non-hydrogen) atoms. The Morgan fingerprint density at radius 1 is 1.02 bits per heavy atom. The quantitative estimate of drug-likeness (QED) is 0.172. The van der Waals surface area contributed by atoms with Crippen LogP contribution >= 0.6 is 0 Å². The summed E-state index contributed by atoms with van der Waals surface area (Å²) >= 11 is 0. The Bertz CT molecular complexity index is 1900. The number of fused-ring (bicyclic) bond motifs is 1. The summed E-state index contributed by atoms with van der Waals surface area (Å²) in [6.07, 6.45) is -4.76. The summed E-state index contributed by atoms with van der Waals surface area (Å²) in [6, 6.07) is 24.2. The number of halogens is 3. The van der Waals surface area contributed by atoms with Crippen LogP contribution < -0.4 is 26.7 Å². The van der Waals surface area contributed by atoms with Crippen molar-refractivity contribution < 1.29 is 47.8 Å². The molecule has 0 saturated carbocycles. The topological polar surface area (TPSA) is 192 Å². The van der Waals surface area contributed by atoms with Crippen LogP contribution in [-0.4, -0.2) is 50.7 Å². The molecule has 4 aromatic rings. The highest BCUT2D eigenvalue weighted by atomic mass is 19.4. The molecule has 1 atom stereocenters. The molecular formula is C33H31F3N6O7. The predicted octanol–water partition coefficient (Wildman–Crippen LogP) is 2.52. The summed E-state index contributed by atoms with van der Waals surface area (Å²) in [5.41, 5.74) is 4.93. The lowest BCUT2D eigenvalue weighted by molar-refractivity contribution is -0.437. The zero-order chi connectivity index (χ0) is 35.6. The van der Waals surface area contributed by atoms with Crippen molar-refractivity contribution in [1.29, 1.82) is 0 Å². The molecule has 5 rings (SSSR count). The first-order valence-electron chi connectivity index (χ1n) is 14.7. The molecule has 256 valence electrons. The third-order valence-electron chi connectivity index (χ3n) is 6.93. The Labute approximate surface area is 277 Å². The average Bonchev–Trinajstić information content (AvgIpc) is 3.49. The van der Waals surface area contributed by atoms with Crippen LogP contribution in [-0.2, 0) is 34.0 Å². The van der Waals surface area contributed by atoms with Crippen molar-refractivity contribution in [1.82, 2.24) is 14.9 Å². The van der Waals surface area contributed by atoms with Gasteiger partial charge in [-0.3, -0.25) is 14.7 Å². The van der Waals surface area contributed by atoms with Gasteiger partial charge < -0.3 is 30.4 Å². The first-order valence-corrected chi connectivity index (χ1v) is 14.7. The van der Waals surface area contributed by atoms with Gasteiger partial charge in [-0.05, 0) is 36.2 Å². The first kappa shape index (κ1) is 35.8. The van der Waals surface area contributed by atoms with Crippen LogP contribution in [0.25, 0.3) is 0 Å². The Kier molecular flexibility index (Phi) is 11.8. The van der Waals surface area contributed by atoms with E-state index in [0.717, 1.165) is 33.9 Å². The Hall–Kier alpha value is -6.03. The van der Waals surface area contributed by atoms with Crippen molar-refractivity contribution in [2.24, 2.45) is 4.99 Å². The van der Waals surface area contributed by atoms with Crippen LogP contribution in [0.3, 0.4) is 0 Å². The molecule has 5 N–H and O–H groups in total. The largest absolute Gasteiger partial charge is 0.542 e. The summed E-state index contributed by atoms with van der Waals surface area (Å²) in [6.45, 7) is 2.19. The van der Waals surface area contributed by atoms with Crippen LogP contribution in [0.4, 0.5) is 35.2 Å². The lowest BCUT2D eigenvalue weighted by atomic mass is 10.1. The molecule has 1 amide bonds. The second kappa shape index (κ2) is 16.2. The number of aliphatic imine (C=N–C) groups is 1. The molecule has 0 bridgehead atoms. The van der Waals surface area contributed by atoms with Crippen molar-refractivity contribution in [3.63, 3.8) is 0 Å². The number of hydrogen-bond donors (Lipinski definition) is 4. The lowest BCUT2D eigenvalue weighted by Gasteiger charge is -2.19. The van der Waals surface area contributed by atoms with Crippen LogP contribution in [0, 0.1) is 6.92 Å². The third kappa shape index (κ3) is 10.8. The van der Waals surface area contributed by atoms with Crippen molar-refractivity contribution in [2.75, 3.05) is 5.32 Å². The molecule has 2 heterocycles. The number of carboxylic acid groups (broad SMARTS) is 2. The maximum Gasteiger partial charge on any atom is 0.430 e. The number of anilines is 1. The Morgan fingerprint density at radius 3 is 2.37 bits per heavy atom.